The van der Waals surface area contributed by atoms with Crippen molar-refractivity contribution in [1.82, 2.24) is 19.9 Å². The van der Waals surface area contributed by atoms with Crippen molar-refractivity contribution in [3.63, 3.8) is 0 Å². The van der Waals surface area contributed by atoms with Crippen molar-refractivity contribution in [2.24, 2.45) is 7.05 Å². The number of benzene rings is 2. The molecule has 2 aromatic heterocycles. The number of rotatable bonds is 2. The molecule has 0 saturated heterocycles. The Morgan fingerprint density at radius 2 is 1.93 bits per heavy atom. The molecule has 0 fully saturated rings. The van der Waals surface area contributed by atoms with Gasteiger partial charge in [-0.2, -0.15) is 0 Å². The smallest absolute Gasteiger partial charge is 0.251 e. The summed E-state index contributed by atoms with van der Waals surface area (Å²) in [5.41, 5.74) is 13.8. The fourth-order valence-corrected chi connectivity index (χ4v) is 3.84. The summed E-state index contributed by atoms with van der Waals surface area (Å²) in [6.45, 7) is 0.657. The third-order valence-electron chi connectivity index (χ3n) is 5.33. The molecule has 0 spiro atoms. The molecule has 6 heteroatoms. The molecule has 0 aliphatic carbocycles. The number of aromatic nitrogens is 3. The lowest BCUT2D eigenvalue weighted by molar-refractivity contribution is 0.0946. The lowest BCUT2D eigenvalue weighted by atomic mass is 9.94. The van der Waals surface area contributed by atoms with Gasteiger partial charge in [-0.3, -0.25) is 4.79 Å². The number of nitrogen functional groups attached to an aromatic ring is 1. The Morgan fingerprint density at radius 3 is 2.82 bits per heavy atom. The van der Waals surface area contributed by atoms with Crippen LogP contribution in [0.5, 0.6) is 0 Å². The first kappa shape index (κ1) is 16.5. The van der Waals surface area contributed by atoms with Gasteiger partial charge in [0.2, 0.25) is 0 Å². The number of para-hydroxylation sites is 1. The van der Waals surface area contributed by atoms with E-state index in [4.69, 9.17) is 5.73 Å². The topological polar surface area (TPSA) is 85.8 Å². The first-order valence-corrected chi connectivity index (χ1v) is 9.19. The highest BCUT2D eigenvalue weighted by molar-refractivity contribution is 5.98. The molecule has 2 aromatic carbocycles. The first-order chi connectivity index (χ1) is 13.6. The van der Waals surface area contributed by atoms with Gasteiger partial charge in [0.05, 0.1) is 17.4 Å². The zero-order chi connectivity index (χ0) is 19.3. The van der Waals surface area contributed by atoms with Crippen molar-refractivity contribution in [3.05, 3.63) is 66.1 Å². The molecule has 1 aliphatic heterocycles. The number of aryl methyl sites for hydroxylation is 1. The van der Waals surface area contributed by atoms with Crippen molar-refractivity contribution in [3.8, 4) is 22.3 Å². The van der Waals surface area contributed by atoms with Crippen LogP contribution in [-0.4, -0.2) is 27.0 Å². The molecule has 3 heterocycles. The number of nitrogens with zero attached hydrogens (tertiary/aromatic N) is 3. The standard InChI is InChI=1S/C22H19N5O/c1-27-12-26-20-16(3-2-4-19(20)27)15-10-18(21(23)25-11-15)13-5-6-17-14(9-13)7-8-24-22(17)28/h2-6,9-12H,7-8H2,1H3,(H2,23,25)(H,24,28). The third-order valence-corrected chi connectivity index (χ3v) is 5.33. The molecule has 3 N–H and O–H groups in total. The number of pyridine rings is 1. The average Bonchev–Trinajstić information content (AvgIpc) is 3.10. The highest BCUT2D eigenvalue weighted by Crippen LogP contribution is 2.33. The second-order valence-corrected chi connectivity index (χ2v) is 7.06. The van der Waals surface area contributed by atoms with Crippen LogP contribution in [0.25, 0.3) is 33.3 Å². The summed E-state index contributed by atoms with van der Waals surface area (Å²) in [5, 5.41) is 2.87. The number of carbonyl (C=O) groups is 1. The highest BCUT2D eigenvalue weighted by Gasteiger charge is 2.18. The number of anilines is 1. The van der Waals surface area contributed by atoms with E-state index in [0.717, 1.165) is 50.8 Å². The molecular weight excluding hydrogens is 350 g/mol. The maximum absolute atomic E-state index is 12.0. The quantitative estimate of drug-likeness (QED) is 0.568. The largest absolute Gasteiger partial charge is 0.383 e. The number of hydrogen-bond donors (Lipinski definition) is 2. The normalized spacial score (nSPS) is 13.4. The third kappa shape index (κ3) is 2.53. The molecule has 5 rings (SSSR count). The van der Waals surface area contributed by atoms with Crippen molar-refractivity contribution in [2.45, 2.75) is 6.42 Å². The van der Waals surface area contributed by atoms with E-state index in [1.54, 1.807) is 6.20 Å². The zero-order valence-corrected chi connectivity index (χ0v) is 15.4. The molecule has 0 bridgehead atoms. The van der Waals surface area contributed by atoms with Gasteiger partial charge >= 0.3 is 0 Å². The van der Waals surface area contributed by atoms with Crippen LogP contribution in [0.4, 0.5) is 5.82 Å². The number of nitrogens with one attached hydrogen (secondary N) is 1. The maximum atomic E-state index is 12.0. The van der Waals surface area contributed by atoms with Crippen LogP contribution in [-0.2, 0) is 13.5 Å². The summed E-state index contributed by atoms with van der Waals surface area (Å²) in [7, 11) is 1.98. The fourth-order valence-electron chi connectivity index (χ4n) is 3.84. The number of nitrogens with two attached hydrogens (primary N) is 1. The summed E-state index contributed by atoms with van der Waals surface area (Å²) >= 11 is 0. The number of hydrogen-bond acceptors (Lipinski definition) is 4. The first-order valence-electron chi connectivity index (χ1n) is 9.19. The van der Waals surface area contributed by atoms with Gasteiger partial charge in [0.1, 0.15) is 5.82 Å². The van der Waals surface area contributed by atoms with E-state index in [2.05, 4.69) is 21.4 Å². The van der Waals surface area contributed by atoms with E-state index >= 15 is 0 Å². The maximum Gasteiger partial charge on any atom is 0.251 e. The molecule has 0 unspecified atom stereocenters. The van der Waals surface area contributed by atoms with Gasteiger partial charge in [-0.15, -0.1) is 0 Å². The number of carbonyl (C=O) groups excluding carboxylic acids is 1. The van der Waals surface area contributed by atoms with E-state index < -0.39 is 0 Å². The molecule has 4 aromatic rings. The predicted molar refractivity (Wildman–Crippen MR) is 110 cm³/mol. The van der Waals surface area contributed by atoms with Crippen LogP contribution in [0, 0.1) is 0 Å². The molecule has 0 saturated carbocycles. The summed E-state index contributed by atoms with van der Waals surface area (Å²) in [6.07, 6.45) is 4.41. The summed E-state index contributed by atoms with van der Waals surface area (Å²) in [5.74, 6) is 0.451. The van der Waals surface area contributed by atoms with Crippen molar-refractivity contribution >= 4 is 22.8 Å². The van der Waals surface area contributed by atoms with E-state index in [1.807, 2.05) is 54.3 Å². The molecule has 138 valence electrons. The second-order valence-electron chi connectivity index (χ2n) is 7.06. The van der Waals surface area contributed by atoms with Crippen LogP contribution < -0.4 is 11.1 Å². The molecule has 0 atom stereocenters. The minimum atomic E-state index is -0.0190. The van der Waals surface area contributed by atoms with E-state index in [0.29, 0.717) is 12.4 Å². The Balaban J connectivity index is 1.65. The number of amides is 1. The summed E-state index contributed by atoms with van der Waals surface area (Å²) < 4.78 is 2.00. The van der Waals surface area contributed by atoms with Gasteiger partial charge in [0.15, 0.2) is 0 Å². The summed E-state index contributed by atoms with van der Waals surface area (Å²) in [4.78, 5) is 21.0. The van der Waals surface area contributed by atoms with Gasteiger partial charge in [0.25, 0.3) is 5.91 Å². The molecule has 28 heavy (non-hydrogen) atoms. The second kappa shape index (κ2) is 6.20. The Kier molecular flexibility index (Phi) is 3.65. The number of fused-ring (bicyclic) bond motifs is 2. The van der Waals surface area contributed by atoms with Crippen molar-refractivity contribution < 1.29 is 4.79 Å². The minimum absolute atomic E-state index is 0.0190. The summed E-state index contributed by atoms with van der Waals surface area (Å²) in [6, 6.07) is 14.0. The Morgan fingerprint density at radius 1 is 1.04 bits per heavy atom. The van der Waals surface area contributed by atoms with Crippen LogP contribution in [0.1, 0.15) is 15.9 Å². The van der Waals surface area contributed by atoms with Gasteiger partial charge < -0.3 is 15.6 Å². The van der Waals surface area contributed by atoms with Crippen LogP contribution >= 0.6 is 0 Å². The lowest BCUT2D eigenvalue weighted by Gasteiger charge is -2.18. The van der Waals surface area contributed by atoms with Crippen molar-refractivity contribution in [2.75, 3.05) is 12.3 Å². The van der Waals surface area contributed by atoms with Crippen LogP contribution in [0.3, 0.4) is 0 Å². The van der Waals surface area contributed by atoms with Crippen LogP contribution in [0.2, 0.25) is 0 Å². The van der Waals surface area contributed by atoms with E-state index in [-0.39, 0.29) is 5.91 Å². The van der Waals surface area contributed by atoms with E-state index in [9.17, 15) is 4.79 Å². The Bertz CT molecular complexity index is 1240. The van der Waals surface area contributed by atoms with Crippen molar-refractivity contribution in [1.29, 1.82) is 0 Å². The molecule has 1 amide bonds. The van der Waals surface area contributed by atoms with Gasteiger partial charge in [0, 0.05) is 42.0 Å². The molecule has 1 aliphatic rings. The fraction of sp³-hybridized carbons (Fsp3) is 0.136. The molecule has 6 nitrogen and oxygen atoms in total. The predicted octanol–water partition coefficient (Wildman–Crippen LogP) is 3.17. The van der Waals surface area contributed by atoms with E-state index in [1.165, 1.54) is 0 Å². The molecular formula is C22H19N5O. The van der Waals surface area contributed by atoms with Gasteiger partial charge in [-0.05, 0) is 35.7 Å². The monoisotopic (exact) mass is 369 g/mol. The SMILES string of the molecule is Cn1cnc2c(-c3cnc(N)c(-c4ccc5c(c4)CCNC5=O)c3)cccc21. The Labute approximate surface area is 162 Å². The van der Waals surface area contributed by atoms with Gasteiger partial charge in [-0.1, -0.05) is 24.3 Å². The number of imidazole rings is 1. The highest BCUT2D eigenvalue weighted by atomic mass is 16.1. The van der Waals surface area contributed by atoms with Gasteiger partial charge in [-0.25, -0.2) is 9.97 Å². The average molecular weight is 369 g/mol. The zero-order valence-electron chi connectivity index (χ0n) is 15.4. The Hall–Kier alpha value is -3.67. The molecule has 0 radical (unpaired) electrons. The minimum Gasteiger partial charge on any atom is -0.383 e. The lowest BCUT2D eigenvalue weighted by Crippen LogP contribution is -2.31. The van der Waals surface area contributed by atoms with Crippen LogP contribution in [0.15, 0.2) is 55.0 Å².